The molecule has 1 heterocycles. The Kier molecular flexibility index (Phi) is 7.09. The fraction of sp³-hybridized carbons (Fsp3) is 0.414. The van der Waals surface area contributed by atoms with Crippen LogP contribution in [0.25, 0.3) is 11.5 Å². The molecule has 3 atom stereocenters. The summed E-state index contributed by atoms with van der Waals surface area (Å²) in [5, 5.41) is 7.49. The molecule has 0 radical (unpaired) electrons. The van der Waals surface area contributed by atoms with E-state index in [1.807, 2.05) is 54.6 Å². The number of carbonyl (C=O) groups is 1. The van der Waals surface area contributed by atoms with Gasteiger partial charge in [0.25, 0.3) is 5.89 Å². The molecule has 6 heteroatoms. The Balaban J connectivity index is 1.15. The van der Waals surface area contributed by atoms with Crippen LogP contribution >= 0.6 is 0 Å². The van der Waals surface area contributed by atoms with Crippen LogP contribution in [0, 0.1) is 11.8 Å². The van der Waals surface area contributed by atoms with E-state index in [4.69, 9.17) is 9.26 Å². The van der Waals surface area contributed by atoms with Crippen molar-refractivity contribution in [2.45, 2.75) is 56.6 Å². The van der Waals surface area contributed by atoms with Gasteiger partial charge >= 0.3 is 5.97 Å². The summed E-state index contributed by atoms with van der Waals surface area (Å²) in [4.78, 5) is 17.9. The number of nitrogens with zero attached hydrogens (tertiary/aromatic N) is 2. The van der Waals surface area contributed by atoms with Crippen molar-refractivity contribution in [1.29, 1.82) is 0 Å². The van der Waals surface area contributed by atoms with E-state index < -0.39 is 5.41 Å². The van der Waals surface area contributed by atoms with Gasteiger partial charge in [-0.05, 0) is 55.8 Å². The summed E-state index contributed by atoms with van der Waals surface area (Å²) in [5.41, 5.74) is 1.52. The van der Waals surface area contributed by atoms with Crippen LogP contribution in [-0.4, -0.2) is 28.8 Å². The van der Waals surface area contributed by atoms with E-state index in [9.17, 15) is 4.79 Å². The molecule has 0 amide bonds. The van der Waals surface area contributed by atoms with E-state index in [0.29, 0.717) is 24.2 Å². The number of benzene rings is 2. The SMILES string of the molecule is C=CC1C[C@H](OC(=O)C2(c3ccccc3)CCCC2)C1CCNCc1noc(-c2ccccc2)n1. The van der Waals surface area contributed by atoms with Crippen LogP contribution in [0.3, 0.4) is 0 Å². The number of rotatable bonds is 10. The van der Waals surface area contributed by atoms with Gasteiger partial charge in [-0.2, -0.15) is 4.98 Å². The maximum absolute atomic E-state index is 13.5. The number of esters is 1. The molecular formula is C29H33N3O3. The Morgan fingerprint density at radius 2 is 1.83 bits per heavy atom. The highest BCUT2D eigenvalue weighted by Crippen LogP contribution is 2.45. The van der Waals surface area contributed by atoms with Crippen molar-refractivity contribution in [1.82, 2.24) is 15.5 Å². The molecule has 2 aliphatic rings. The molecule has 0 saturated heterocycles. The summed E-state index contributed by atoms with van der Waals surface area (Å²) in [6.07, 6.45) is 7.59. The van der Waals surface area contributed by atoms with Crippen molar-refractivity contribution in [2.75, 3.05) is 6.54 Å². The van der Waals surface area contributed by atoms with Crippen molar-refractivity contribution in [3.8, 4) is 11.5 Å². The van der Waals surface area contributed by atoms with Gasteiger partial charge in [-0.3, -0.25) is 4.79 Å². The number of aromatic nitrogens is 2. The first-order valence-electron chi connectivity index (χ1n) is 12.7. The van der Waals surface area contributed by atoms with Crippen LogP contribution in [-0.2, 0) is 21.5 Å². The highest BCUT2D eigenvalue weighted by Gasteiger charge is 2.48. The predicted molar refractivity (Wildman–Crippen MR) is 134 cm³/mol. The van der Waals surface area contributed by atoms with Gasteiger partial charge in [-0.1, -0.05) is 72.6 Å². The second-order valence-corrected chi connectivity index (χ2v) is 9.75. The number of carbonyl (C=O) groups excluding carboxylic acids is 1. The topological polar surface area (TPSA) is 77.2 Å². The van der Waals surface area contributed by atoms with Crippen molar-refractivity contribution in [3.05, 3.63) is 84.7 Å². The molecule has 35 heavy (non-hydrogen) atoms. The molecule has 182 valence electrons. The van der Waals surface area contributed by atoms with Gasteiger partial charge in [0.1, 0.15) is 6.10 Å². The second-order valence-electron chi connectivity index (χ2n) is 9.75. The van der Waals surface area contributed by atoms with Crippen LogP contribution in [0.5, 0.6) is 0 Å². The number of ether oxygens (including phenoxy) is 1. The van der Waals surface area contributed by atoms with Gasteiger partial charge < -0.3 is 14.6 Å². The molecule has 0 aliphatic heterocycles. The first-order valence-corrected chi connectivity index (χ1v) is 12.7. The summed E-state index contributed by atoms with van der Waals surface area (Å²) in [6, 6.07) is 19.9. The lowest BCUT2D eigenvalue weighted by atomic mass is 9.69. The lowest BCUT2D eigenvalue weighted by Gasteiger charge is -2.44. The minimum atomic E-state index is -0.488. The van der Waals surface area contributed by atoms with Gasteiger partial charge in [0.2, 0.25) is 0 Å². The van der Waals surface area contributed by atoms with Crippen molar-refractivity contribution in [2.24, 2.45) is 11.8 Å². The molecule has 0 spiro atoms. The smallest absolute Gasteiger partial charge is 0.316 e. The zero-order chi connectivity index (χ0) is 24.1. The molecule has 2 fully saturated rings. The van der Waals surface area contributed by atoms with Crippen molar-refractivity contribution in [3.63, 3.8) is 0 Å². The number of hydrogen-bond donors (Lipinski definition) is 1. The third kappa shape index (κ3) is 4.94. The van der Waals surface area contributed by atoms with Gasteiger partial charge in [-0.15, -0.1) is 6.58 Å². The molecule has 2 saturated carbocycles. The van der Waals surface area contributed by atoms with Gasteiger partial charge in [0.15, 0.2) is 5.82 Å². The first-order chi connectivity index (χ1) is 17.2. The summed E-state index contributed by atoms with van der Waals surface area (Å²) >= 11 is 0. The Morgan fingerprint density at radius 1 is 1.11 bits per heavy atom. The van der Waals surface area contributed by atoms with Crippen LogP contribution in [0.15, 0.2) is 77.8 Å². The Hall–Kier alpha value is -3.25. The quantitative estimate of drug-likeness (QED) is 0.240. The lowest BCUT2D eigenvalue weighted by Crippen LogP contribution is -2.47. The fourth-order valence-corrected chi connectivity index (χ4v) is 5.59. The van der Waals surface area contributed by atoms with Gasteiger partial charge in [-0.25, -0.2) is 0 Å². The van der Waals surface area contributed by atoms with E-state index >= 15 is 0 Å². The molecule has 6 nitrogen and oxygen atoms in total. The molecule has 1 aromatic heterocycles. The minimum Gasteiger partial charge on any atom is -0.461 e. The minimum absolute atomic E-state index is 0.0492. The monoisotopic (exact) mass is 471 g/mol. The molecule has 5 rings (SSSR count). The summed E-state index contributed by atoms with van der Waals surface area (Å²) in [7, 11) is 0. The van der Waals surface area contributed by atoms with E-state index in [2.05, 4.69) is 34.2 Å². The van der Waals surface area contributed by atoms with Gasteiger partial charge in [0.05, 0.1) is 12.0 Å². The number of nitrogens with one attached hydrogen (secondary N) is 1. The van der Waals surface area contributed by atoms with E-state index in [0.717, 1.165) is 56.2 Å². The molecule has 2 aromatic carbocycles. The largest absolute Gasteiger partial charge is 0.461 e. The summed E-state index contributed by atoms with van der Waals surface area (Å²) < 4.78 is 11.6. The zero-order valence-corrected chi connectivity index (χ0v) is 20.1. The highest BCUT2D eigenvalue weighted by atomic mass is 16.5. The molecular weight excluding hydrogens is 438 g/mol. The van der Waals surface area contributed by atoms with E-state index in [-0.39, 0.29) is 18.0 Å². The van der Waals surface area contributed by atoms with E-state index in [1.54, 1.807) is 0 Å². The molecule has 2 unspecified atom stereocenters. The maximum Gasteiger partial charge on any atom is 0.316 e. The Labute approximate surface area is 206 Å². The van der Waals surface area contributed by atoms with Crippen LogP contribution in [0.1, 0.15) is 49.9 Å². The third-order valence-corrected chi connectivity index (χ3v) is 7.69. The van der Waals surface area contributed by atoms with Gasteiger partial charge in [0, 0.05) is 11.5 Å². The molecule has 1 N–H and O–H groups in total. The van der Waals surface area contributed by atoms with Crippen LogP contribution in [0.4, 0.5) is 0 Å². The molecule has 3 aromatic rings. The maximum atomic E-state index is 13.5. The van der Waals surface area contributed by atoms with Crippen molar-refractivity contribution < 1.29 is 14.1 Å². The summed E-state index contributed by atoms with van der Waals surface area (Å²) in [6.45, 7) is 5.31. The molecule has 2 aliphatic carbocycles. The second kappa shape index (κ2) is 10.6. The fourth-order valence-electron chi connectivity index (χ4n) is 5.59. The third-order valence-electron chi connectivity index (χ3n) is 7.69. The lowest BCUT2D eigenvalue weighted by molar-refractivity contribution is -0.168. The Bertz CT molecular complexity index is 1120. The average Bonchev–Trinajstić information content (AvgIpc) is 3.58. The van der Waals surface area contributed by atoms with E-state index in [1.165, 1.54) is 0 Å². The number of allylic oxidation sites excluding steroid dienone is 1. The predicted octanol–water partition coefficient (Wildman–Crippen LogP) is 5.46. The average molecular weight is 472 g/mol. The summed E-state index contributed by atoms with van der Waals surface area (Å²) in [5.74, 6) is 1.77. The van der Waals surface area contributed by atoms with Crippen LogP contribution in [0.2, 0.25) is 0 Å². The Morgan fingerprint density at radius 3 is 2.54 bits per heavy atom. The number of hydrogen-bond acceptors (Lipinski definition) is 6. The normalized spacial score (nSPS) is 22.9. The standard InChI is InChI=1S/C29H33N3O3/c1-2-21-19-25(34-28(33)29(16-9-10-17-29)23-13-7-4-8-14-23)24(21)15-18-30-20-26-31-27(35-32-26)22-11-5-3-6-12-22/h2-8,11-14,21,24-25,30H,1,9-10,15-20H2/t21?,24?,25-/m0/s1. The molecule has 0 bridgehead atoms. The van der Waals surface area contributed by atoms with Crippen molar-refractivity contribution >= 4 is 5.97 Å². The van der Waals surface area contributed by atoms with Crippen LogP contribution < -0.4 is 5.32 Å². The first kappa shape index (κ1) is 23.5. The highest BCUT2D eigenvalue weighted by molar-refractivity contribution is 5.84. The zero-order valence-electron chi connectivity index (χ0n) is 20.1.